The second-order valence-electron chi connectivity index (χ2n) is 4.33. The molecule has 84 valence electrons. The van der Waals surface area contributed by atoms with Crippen molar-refractivity contribution in [2.24, 2.45) is 5.92 Å². The van der Waals surface area contributed by atoms with Crippen molar-refractivity contribution >= 4 is 21.4 Å². The van der Waals surface area contributed by atoms with E-state index in [9.17, 15) is 8.42 Å². The average Bonchev–Trinajstić information content (AvgIpc) is 2.53. The van der Waals surface area contributed by atoms with Crippen LogP contribution in [0.2, 0.25) is 0 Å². The van der Waals surface area contributed by atoms with Crippen molar-refractivity contribution in [2.45, 2.75) is 43.9 Å². The molecule has 1 aliphatic rings. The van der Waals surface area contributed by atoms with Crippen LogP contribution in [0.15, 0.2) is 0 Å². The van der Waals surface area contributed by atoms with E-state index in [0.29, 0.717) is 12.3 Å². The maximum absolute atomic E-state index is 10.9. The lowest BCUT2D eigenvalue weighted by Gasteiger charge is -2.15. The Labute approximate surface area is 91.9 Å². The molecule has 0 aromatic rings. The van der Waals surface area contributed by atoms with Crippen LogP contribution in [0.3, 0.4) is 0 Å². The Balaban J connectivity index is 2.17. The quantitative estimate of drug-likeness (QED) is 0.690. The van der Waals surface area contributed by atoms with Crippen LogP contribution in [0.4, 0.5) is 0 Å². The van der Waals surface area contributed by atoms with Crippen molar-refractivity contribution in [3.05, 3.63) is 0 Å². The molecule has 0 saturated heterocycles. The monoisotopic (exact) mass is 238 g/mol. The number of halogens is 1. The van der Waals surface area contributed by atoms with Gasteiger partial charge in [-0.3, -0.25) is 0 Å². The molecule has 0 bridgehead atoms. The van der Waals surface area contributed by atoms with Crippen molar-refractivity contribution in [3.8, 4) is 0 Å². The van der Waals surface area contributed by atoms with E-state index >= 15 is 0 Å². The van der Waals surface area contributed by atoms with Gasteiger partial charge in [0.2, 0.25) is 0 Å². The molecule has 0 aromatic carbocycles. The van der Waals surface area contributed by atoms with Gasteiger partial charge in [0.25, 0.3) is 0 Å². The highest BCUT2D eigenvalue weighted by Crippen LogP contribution is 2.32. The van der Waals surface area contributed by atoms with Gasteiger partial charge in [-0.15, -0.1) is 11.6 Å². The first-order valence-corrected chi connectivity index (χ1v) is 7.80. The van der Waals surface area contributed by atoms with Gasteiger partial charge in [-0.25, -0.2) is 8.42 Å². The minimum absolute atomic E-state index is 0.194. The van der Waals surface area contributed by atoms with Crippen LogP contribution in [0, 0.1) is 5.92 Å². The van der Waals surface area contributed by atoms with E-state index in [1.807, 2.05) is 0 Å². The van der Waals surface area contributed by atoms with E-state index in [0.717, 1.165) is 6.42 Å². The highest BCUT2D eigenvalue weighted by atomic mass is 35.5. The predicted octanol–water partition coefficient (Wildman–Crippen LogP) is 2.61. The standard InChI is InChI=1S/C10H19ClO2S/c1-14(12,13)8-4-7-10(11)9-5-2-3-6-9/h9-10H,2-8H2,1H3. The summed E-state index contributed by atoms with van der Waals surface area (Å²) in [5.74, 6) is 0.916. The molecule has 0 N–H and O–H groups in total. The second kappa shape index (κ2) is 5.36. The molecule has 1 saturated carbocycles. The van der Waals surface area contributed by atoms with Gasteiger partial charge in [0.05, 0.1) is 0 Å². The SMILES string of the molecule is CS(=O)(=O)CCCC(Cl)C1CCCC1. The lowest BCUT2D eigenvalue weighted by atomic mass is 10.0. The average molecular weight is 239 g/mol. The molecule has 4 heteroatoms. The van der Waals surface area contributed by atoms with E-state index in [4.69, 9.17) is 11.6 Å². The van der Waals surface area contributed by atoms with Gasteiger partial charge in [0.1, 0.15) is 9.84 Å². The fraction of sp³-hybridized carbons (Fsp3) is 1.00. The van der Waals surface area contributed by atoms with Crippen LogP contribution >= 0.6 is 11.6 Å². The van der Waals surface area contributed by atoms with E-state index in [1.54, 1.807) is 0 Å². The number of alkyl halides is 1. The zero-order chi connectivity index (χ0) is 10.6. The summed E-state index contributed by atoms with van der Waals surface area (Å²) in [6.07, 6.45) is 7.88. The smallest absolute Gasteiger partial charge is 0.147 e. The van der Waals surface area contributed by atoms with E-state index in [2.05, 4.69) is 0 Å². The number of rotatable bonds is 5. The van der Waals surface area contributed by atoms with Crippen molar-refractivity contribution in [1.82, 2.24) is 0 Å². The molecule has 1 fully saturated rings. The molecule has 2 nitrogen and oxygen atoms in total. The summed E-state index contributed by atoms with van der Waals surface area (Å²) in [6, 6.07) is 0. The summed E-state index contributed by atoms with van der Waals surface area (Å²) < 4.78 is 21.8. The van der Waals surface area contributed by atoms with Gasteiger partial charge in [-0.05, 0) is 31.6 Å². The Kier molecular flexibility index (Phi) is 4.71. The molecule has 0 aromatic heterocycles. The lowest BCUT2D eigenvalue weighted by Crippen LogP contribution is -2.13. The van der Waals surface area contributed by atoms with Gasteiger partial charge in [-0.1, -0.05) is 12.8 Å². The van der Waals surface area contributed by atoms with Crippen LogP contribution in [0.5, 0.6) is 0 Å². The highest BCUT2D eigenvalue weighted by molar-refractivity contribution is 7.90. The van der Waals surface area contributed by atoms with Crippen molar-refractivity contribution in [3.63, 3.8) is 0 Å². The molecule has 14 heavy (non-hydrogen) atoms. The highest BCUT2D eigenvalue weighted by Gasteiger charge is 2.22. The second-order valence-corrected chi connectivity index (χ2v) is 7.15. The Morgan fingerprint density at radius 1 is 1.36 bits per heavy atom. The van der Waals surface area contributed by atoms with E-state index in [-0.39, 0.29) is 11.1 Å². The van der Waals surface area contributed by atoms with Gasteiger partial charge >= 0.3 is 0 Å². The summed E-state index contributed by atoms with van der Waals surface area (Å²) in [5.41, 5.74) is 0. The molecule has 1 atom stereocenters. The zero-order valence-corrected chi connectivity index (χ0v) is 10.3. The Hall–Kier alpha value is 0.240. The first-order chi connectivity index (χ1) is 6.49. The summed E-state index contributed by atoms with van der Waals surface area (Å²) >= 11 is 6.22. The first-order valence-electron chi connectivity index (χ1n) is 5.31. The van der Waals surface area contributed by atoms with E-state index in [1.165, 1.54) is 31.9 Å². The molecule has 1 rings (SSSR count). The fourth-order valence-corrected chi connectivity index (χ4v) is 3.19. The van der Waals surface area contributed by atoms with Gasteiger partial charge in [0, 0.05) is 17.4 Å². The Morgan fingerprint density at radius 2 is 1.93 bits per heavy atom. The number of hydrogen-bond donors (Lipinski definition) is 0. The minimum Gasteiger partial charge on any atom is -0.229 e. The summed E-state index contributed by atoms with van der Waals surface area (Å²) in [4.78, 5) is 0. The van der Waals surface area contributed by atoms with Crippen LogP contribution in [0.1, 0.15) is 38.5 Å². The molecular formula is C10H19ClO2S. The number of hydrogen-bond acceptors (Lipinski definition) is 2. The van der Waals surface area contributed by atoms with Crippen LogP contribution in [-0.4, -0.2) is 25.8 Å². The molecule has 1 aliphatic carbocycles. The van der Waals surface area contributed by atoms with Crippen molar-refractivity contribution in [1.29, 1.82) is 0 Å². The Bertz CT molecular complexity index is 255. The largest absolute Gasteiger partial charge is 0.229 e. The molecular weight excluding hydrogens is 220 g/mol. The molecule has 0 amide bonds. The van der Waals surface area contributed by atoms with Gasteiger partial charge in [-0.2, -0.15) is 0 Å². The van der Waals surface area contributed by atoms with Crippen molar-refractivity contribution < 1.29 is 8.42 Å². The minimum atomic E-state index is -2.80. The van der Waals surface area contributed by atoms with Crippen molar-refractivity contribution in [2.75, 3.05) is 12.0 Å². The third kappa shape index (κ3) is 4.65. The van der Waals surface area contributed by atoms with Gasteiger partial charge in [0.15, 0.2) is 0 Å². The lowest BCUT2D eigenvalue weighted by molar-refractivity contribution is 0.488. The molecule has 0 heterocycles. The topological polar surface area (TPSA) is 34.1 Å². The first kappa shape index (κ1) is 12.3. The van der Waals surface area contributed by atoms with Crippen LogP contribution in [-0.2, 0) is 9.84 Å². The zero-order valence-electron chi connectivity index (χ0n) is 8.71. The molecule has 0 aliphatic heterocycles. The predicted molar refractivity (Wildman–Crippen MR) is 60.5 cm³/mol. The van der Waals surface area contributed by atoms with Gasteiger partial charge < -0.3 is 0 Å². The third-order valence-corrected chi connectivity index (χ3v) is 4.51. The van der Waals surface area contributed by atoms with Crippen LogP contribution < -0.4 is 0 Å². The molecule has 0 radical (unpaired) electrons. The number of sulfone groups is 1. The molecule has 1 unspecified atom stereocenters. The summed E-state index contributed by atoms with van der Waals surface area (Å²) in [5, 5.41) is 0.194. The maximum atomic E-state index is 10.9. The van der Waals surface area contributed by atoms with E-state index < -0.39 is 9.84 Å². The third-order valence-electron chi connectivity index (χ3n) is 2.91. The Morgan fingerprint density at radius 3 is 2.43 bits per heavy atom. The fourth-order valence-electron chi connectivity index (χ4n) is 2.10. The summed E-state index contributed by atoms with van der Waals surface area (Å²) in [6.45, 7) is 0. The summed E-state index contributed by atoms with van der Waals surface area (Å²) in [7, 11) is -2.80. The van der Waals surface area contributed by atoms with Crippen LogP contribution in [0.25, 0.3) is 0 Å². The maximum Gasteiger partial charge on any atom is 0.147 e. The normalized spacial score (nSPS) is 21.3. The molecule has 0 spiro atoms.